The summed E-state index contributed by atoms with van der Waals surface area (Å²) in [6.07, 6.45) is 6.41. The number of rotatable bonds is 9. The molecular formula is C71H54N2. The lowest BCUT2D eigenvalue weighted by atomic mass is 9.67. The highest BCUT2D eigenvalue weighted by molar-refractivity contribution is 6.11. The van der Waals surface area contributed by atoms with E-state index < -0.39 is 5.41 Å². The van der Waals surface area contributed by atoms with Crippen molar-refractivity contribution in [2.45, 2.75) is 43.4 Å². The van der Waals surface area contributed by atoms with Crippen molar-refractivity contribution in [2.75, 3.05) is 4.90 Å². The molecule has 348 valence electrons. The van der Waals surface area contributed by atoms with Crippen LogP contribution in [0.2, 0.25) is 0 Å². The number of anilines is 3. The molecule has 2 heteroatoms. The lowest BCUT2D eigenvalue weighted by Gasteiger charge is -2.35. The summed E-state index contributed by atoms with van der Waals surface area (Å²) in [5.74, 6) is 0.556. The number of para-hydroxylation sites is 3. The Hall–Kier alpha value is -8.72. The molecule has 0 saturated heterocycles. The minimum absolute atomic E-state index is 0.545. The molecule has 1 heterocycles. The fourth-order valence-corrected chi connectivity index (χ4v) is 13.1. The number of aromatic nitrogens is 1. The first kappa shape index (κ1) is 43.1. The van der Waals surface area contributed by atoms with Gasteiger partial charge in [-0.25, -0.2) is 0 Å². The van der Waals surface area contributed by atoms with Crippen molar-refractivity contribution in [3.63, 3.8) is 0 Å². The standard InChI is InChI=1S/C71H54N2/c1-5-22-49(23-6-1)58-37-20-24-50-25-21-38-63(70(50)58)61-35-14-17-40-67(61)72(56-33-19-26-51(46-56)52-42-45-69-64(47-52)62-36-15-18-41-68(62)73(69)55-31-11-4-12-32-55)57-43-44-60-59-34-13-16-39-65(59)71(66(60)48-57,53-27-7-2-8-28-53)54-29-9-3-10-30-54/h2-4,7-21,24-49H,1,5-6,22-23H2. The van der Waals surface area contributed by atoms with Crippen LogP contribution in [0.15, 0.2) is 261 Å². The maximum atomic E-state index is 2.55. The first-order valence-electron chi connectivity index (χ1n) is 26.2. The summed E-state index contributed by atoms with van der Waals surface area (Å²) in [7, 11) is 0. The largest absolute Gasteiger partial charge is 0.310 e. The van der Waals surface area contributed by atoms with Crippen LogP contribution in [0.4, 0.5) is 17.1 Å². The number of hydrogen-bond donors (Lipinski definition) is 0. The van der Waals surface area contributed by atoms with Crippen molar-refractivity contribution in [1.29, 1.82) is 0 Å². The average Bonchev–Trinajstić information content (AvgIpc) is 3.96. The van der Waals surface area contributed by atoms with Crippen molar-refractivity contribution in [3.05, 3.63) is 289 Å². The zero-order valence-electron chi connectivity index (χ0n) is 40.8. The summed E-state index contributed by atoms with van der Waals surface area (Å²) in [5.41, 5.74) is 20.4. The fraction of sp³-hybridized carbons (Fsp3) is 0.0986. The van der Waals surface area contributed by atoms with Crippen LogP contribution < -0.4 is 4.90 Å². The van der Waals surface area contributed by atoms with Gasteiger partial charge in [-0.3, -0.25) is 0 Å². The van der Waals surface area contributed by atoms with E-state index in [9.17, 15) is 0 Å². The van der Waals surface area contributed by atoms with Gasteiger partial charge in [0.15, 0.2) is 0 Å². The van der Waals surface area contributed by atoms with Crippen LogP contribution in [-0.4, -0.2) is 4.57 Å². The Balaban J connectivity index is 1.01. The molecule has 1 fully saturated rings. The molecule has 0 atom stereocenters. The first-order valence-corrected chi connectivity index (χ1v) is 26.2. The Morgan fingerprint density at radius 3 is 1.78 bits per heavy atom. The Morgan fingerprint density at radius 2 is 0.986 bits per heavy atom. The van der Waals surface area contributed by atoms with E-state index in [1.54, 1.807) is 0 Å². The maximum Gasteiger partial charge on any atom is 0.0714 e. The van der Waals surface area contributed by atoms with E-state index in [4.69, 9.17) is 0 Å². The van der Waals surface area contributed by atoms with Gasteiger partial charge in [0.05, 0.1) is 22.1 Å². The molecule has 0 bridgehead atoms. The zero-order chi connectivity index (χ0) is 48.3. The van der Waals surface area contributed by atoms with E-state index in [2.05, 4.69) is 270 Å². The van der Waals surface area contributed by atoms with Gasteiger partial charge < -0.3 is 9.47 Å². The third kappa shape index (κ3) is 7.00. The normalized spacial score (nSPS) is 14.1. The second-order valence-electron chi connectivity index (χ2n) is 20.2. The molecule has 73 heavy (non-hydrogen) atoms. The summed E-state index contributed by atoms with van der Waals surface area (Å²) in [6, 6.07) is 97.6. The fourth-order valence-electron chi connectivity index (χ4n) is 13.1. The molecule has 14 rings (SSSR count). The molecule has 0 amide bonds. The topological polar surface area (TPSA) is 8.17 Å². The molecule has 12 aromatic rings. The SMILES string of the molecule is c1ccc(-n2c3ccccc3c3cc(-c4cccc(N(c5ccc6c(c5)C(c5ccccc5)(c5ccccc5)c5ccccc5-6)c5ccccc5-c5cccc6cccc(C7CCCCC7)c56)c4)ccc32)cc1. The van der Waals surface area contributed by atoms with Crippen molar-refractivity contribution in [2.24, 2.45) is 0 Å². The van der Waals surface area contributed by atoms with Crippen molar-refractivity contribution >= 4 is 49.6 Å². The summed E-state index contributed by atoms with van der Waals surface area (Å²) in [4.78, 5) is 2.55. The van der Waals surface area contributed by atoms with Crippen LogP contribution in [0.1, 0.15) is 65.8 Å². The minimum Gasteiger partial charge on any atom is -0.310 e. The van der Waals surface area contributed by atoms with Crippen LogP contribution in [0.3, 0.4) is 0 Å². The smallest absolute Gasteiger partial charge is 0.0714 e. The van der Waals surface area contributed by atoms with Crippen LogP contribution in [-0.2, 0) is 5.41 Å². The molecule has 2 aliphatic rings. The Morgan fingerprint density at radius 1 is 0.384 bits per heavy atom. The molecule has 1 saturated carbocycles. The van der Waals surface area contributed by atoms with Gasteiger partial charge in [-0.1, -0.05) is 219 Å². The number of hydrogen-bond acceptors (Lipinski definition) is 1. The van der Waals surface area contributed by atoms with E-state index in [0.29, 0.717) is 5.92 Å². The van der Waals surface area contributed by atoms with E-state index in [-0.39, 0.29) is 0 Å². The van der Waals surface area contributed by atoms with Gasteiger partial charge in [-0.2, -0.15) is 0 Å². The van der Waals surface area contributed by atoms with Gasteiger partial charge in [0.1, 0.15) is 0 Å². The highest BCUT2D eigenvalue weighted by atomic mass is 15.1. The quantitative estimate of drug-likeness (QED) is 0.140. The Labute approximate surface area is 428 Å². The van der Waals surface area contributed by atoms with Gasteiger partial charge >= 0.3 is 0 Å². The van der Waals surface area contributed by atoms with Crippen molar-refractivity contribution in [1.82, 2.24) is 4.57 Å². The summed E-state index contributed by atoms with van der Waals surface area (Å²) >= 11 is 0. The van der Waals surface area contributed by atoms with Crippen LogP contribution in [0.5, 0.6) is 0 Å². The third-order valence-corrected chi connectivity index (χ3v) is 16.2. The van der Waals surface area contributed by atoms with Crippen molar-refractivity contribution in [3.8, 4) is 39.1 Å². The zero-order valence-corrected chi connectivity index (χ0v) is 40.8. The first-order chi connectivity index (χ1) is 36.2. The van der Waals surface area contributed by atoms with Crippen LogP contribution >= 0.6 is 0 Å². The van der Waals surface area contributed by atoms with Crippen LogP contribution in [0, 0.1) is 0 Å². The number of fused-ring (bicyclic) bond motifs is 7. The van der Waals surface area contributed by atoms with Gasteiger partial charge in [-0.15, -0.1) is 0 Å². The van der Waals surface area contributed by atoms with Gasteiger partial charge in [0.2, 0.25) is 0 Å². The molecule has 1 aromatic heterocycles. The third-order valence-electron chi connectivity index (χ3n) is 16.2. The van der Waals surface area contributed by atoms with Gasteiger partial charge in [-0.05, 0) is 146 Å². The maximum absolute atomic E-state index is 2.55. The van der Waals surface area contributed by atoms with Gasteiger partial charge in [0, 0.05) is 33.4 Å². The molecule has 0 radical (unpaired) electrons. The molecule has 0 aliphatic heterocycles. The molecule has 0 unspecified atom stereocenters. The minimum atomic E-state index is -0.545. The lowest BCUT2D eigenvalue weighted by Crippen LogP contribution is -2.28. The van der Waals surface area contributed by atoms with E-state index in [1.807, 2.05) is 0 Å². The molecule has 2 aliphatic carbocycles. The van der Waals surface area contributed by atoms with E-state index >= 15 is 0 Å². The number of benzene rings is 11. The second kappa shape index (κ2) is 17.8. The highest BCUT2D eigenvalue weighted by Crippen LogP contribution is 2.58. The van der Waals surface area contributed by atoms with Crippen molar-refractivity contribution < 1.29 is 0 Å². The molecule has 0 spiro atoms. The Bertz CT molecular complexity index is 3970. The molecule has 11 aromatic carbocycles. The highest BCUT2D eigenvalue weighted by Gasteiger charge is 2.46. The second-order valence-corrected chi connectivity index (χ2v) is 20.2. The average molecular weight is 935 g/mol. The predicted molar refractivity (Wildman–Crippen MR) is 307 cm³/mol. The Kier molecular flexibility index (Phi) is 10.5. The molecular weight excluding hydrogens is 881 g/mol. The summed E-state index contributed by atoms with van der Waals surface area (Å²) < 4.78 is 2.40. The monoisotopic (exact) mass is 934 g/mol. The molecule has 2 nitrogen and oxygen atoms in total. The predicted octanol–water partition coefficient (Wildman–Crippen LogP) is 19.2. The van der Waals surface area contributed by atoms with E-state index in [0.717, 1.165) is 22.7 Å². The summed E-state index contributed by atoms with van der Waals surface area (Å²) in [5, 5.41) is 5.18. The summed E-state index contributed by atoms with van der Waals surface area (Å²) in [6.45, 7) is 0. The van der Waals surface area contributed by atoms with Gasteiger partial charge in [0.25, 0.3) is 0 Å². The molecule has 0 N–H and O–H groups in total. The number of nitrogens with zero attached hydrogens (tertiary/aromatic N) is 2. The van der Waals surface area contributed by atoms with E-state index in [1.165, 1.54) is 126 Å². The van der Waals surface area contributed by atoms with Crippen LogP contribution in [0.25, 0.3) is 71.6 Å². The lowest BCUT2D eigenvalue weighted by molar-refractivity contribution is 0.445.